The zero-order valence-corrected chi connectivity index (χ0v) is 13.0. The monoisotopic (exact) mass is 273 g/mol. The first-order valence-corrected chi connectivity index (χ1v) is 7.89. The summed E-state index contributed by atoms with van der Waals surface area (Å²) in [5.41, 5.74) is 2.72. The van der Waals surface area contributed by atoms with Crippen LogP contribution in [-0.4, -0.2) is 55.6 Å². The molecular weight excluding hydrogens is 246 g/mol. The van der Waals surface area contributed by atoms with Gasteiger partial charge in [0.25, 0.3) is 0 Å². The van der Waals surface area contributed by atoms with E-state index in [9.17, 15) is 0 Å². The molecule has 3 heteroatoms. The molecular formula is C17H27N3. The normalized spacial score (nSPS) is 27.6. The summed E-state index contributed by atoms with van der Waals surface area (Å²) in [4.78, 5) is 7.51. The minimum Gasteiger partial charge on any atom is -0.378 e. The van der Waals surface area contributed by atoms with Gasteiger partial charge in [0.1, 0.15) is 0 Å². The van der Waals surface area contributed by atoms with Gasteiger partial charge in [-0.25, -0.2) is 0 Å². The molecule has 2 heterocycles. The fourth-order valence-electron chi connectivity index (χ4n) is 3.74. The third-order valence-electron chi connectivity index (χ3n) is 5.06. The van der Waals surface area contributed by atoms with Gasteiger partial charge in [-0.15, -0.1) is 0 Å². The van der Waals surface area contributed by atoms with Gasteiger partial charge in [0.2, 0.25) is 0 Å². The van der Waals surface area contributed by atoms with E-state index in [4.69, 9.17) is 0 Å². The summed E-state index contributed by atoms with van der Waals surface area (Å²) in [6.07, 6.45) is 2.78. The molecule has 2 fully saturated rings. The van der Waals surface area contributed by atoms with Crippen molar-refractivity contribution in [2.24, 2.45) is 0 Å². The van der Waals surface area contributed by atoms with Gasteiger partial charge < -0.3 is 4.90 Å². The highest BCUT2D eigenvalue weighted by atomic mass is 15.3. The standard InChI is InChI=1S/C17H27N3/c1-14-17-5-4-10-19(17)11-12-20(14)13-15-6-8-16(9-7-15)18(2)3/h6-9,14,17H,4-5,10-13H2,1-3H3/t14-,17+/m0/s1. The lowest BCUT2D eigenvalue weighted by atomic mass is 10.0. The molecule has 2 aliphatic rings. The quantitative estimate of drug-likeness (QED) is 0.837. The van der Waals surface area contributed by atoms with E-state index in [1.807, 2.05) is 0 Å². The largest absolute Gasteiger partial charge is 0.378 e. The maximum absolute atomic E-state index is 2.69. The van der Waals surface area contributed by atoms with Gasteiger partial charge in [0, 0.05) is 51.5 Å². The predicted octanol–water partition coefficient (Wildman–Crippen LogP) is 2.42. The van der Waals surface area contributed by atoms with Crippen LogP contribution in [0.3, 0.4) is 0 Å². The molecule has 1 aromatic rings. The van der Waals surface area contributed by atoms with Crippen molar-refractivity contribution in [2.75, 3.05) is 38.6 Å². The van der Waals surface area contributed by atoms with Gasteiger partial charge in [0.15, 0.2) is 0 Å². The van der Waals surface area contributed by atoms with Crippen molar-refractivity contribution in [3.63, 3.8) is 0 Å². The summed E-state index contributed by atoms with van der Waals surface area (Å²) < 4.78 is 0. The average molecular weight is 273 g/mol. The van der Waals surface area contributed by atoms with Gasteiger partial charge >= 0.3 is 0 Å². The Morgan fingerprint density at radius 2 is 1.85 bits per heavy atom. The van der Waals surface area contributed by atoms with E-state index < -0.39 is 0 Å². The Morgan fingerprint density at radius 1 is 1.10 bits per heavy atom. The van der Waals surface area contributed by atoms with E-state index in [0.29, 0.717) is 6.04 Å². The minimum absolute atomic E-state index is 0.694. The summed E-state index contributed by atoms with van der Waals surface area (Å²) >= 11 is 0. The molecule has 0 spiro atoms. The maximum atomic E-state index is 2.69. The second-order valence-corrected chi connectivity index (χ2v) is 6.52. The molecule has 110 valence electrons. The first-order chi connectivity index (χ1) is 9.65. The summed E-state index contributed by atoms with van der Waals surface area (Å²) in [7, 11) is 4.19. The van der Waals surface area contributed by atoms with E-state index >= 15 is 0 Å². The van der Waals surface area contributed by atoms with Crippen molar-refractivity contribution in [3.8, 4) is 0 Å². The Hall–Kier alpha value is -1.06. The van der Waals surface area contributed by atoms with Gasteiger partial charge in [-0.3, -0.25) is 9.80 Å². The van der Waals surface area contributed by atoms with Crippen molar-refractivity contribution in [1.82, 2.24) is 9.80 Å². The van der Waals surface area contributed by atoms with Gasteiger partial charge in [-0.1, -0.05) is 12.1 Å². The molecule has 0 aromatic heterocycles. The summed E-state index contributed by atoms with van der Waals surface area (Å²) in [6, 6.07) is 10.5. The number of anilines is 1. The van der Waals surface area contributed by atoms with Crippen LogP contribution in [-0.2, 0) is 6.54 Å². The van der Waals surface area contributed by atoms with E-state index in [2.05, 4.69) is 60.0 Å². The molecule has 0 amide bonds. The van der Waals surface area contributed by atoms with Crippen LogP contribution in [0.15, 0.2) is 24.3 Å². The third-order valence-corrected chi connectivity index (χ3v) is 5.06. The van der Waals surface area contributed by atoms with Crippen molar-refractivity contribution in [2.45, 2.75) is 38.4 Å². The van der Waals surface area contributed by atoms with Gasteiger partial charge in [0.05, 0.1) is 0 Å². The maximum Gasteiger partial charge on any atom is 0.0361 e. The molecule has 0 unspecified atom stereocenters. The molecule has 3 nitrogen and oxygen atoms in total. The van der Waals surface area contributed by atoms with E-state index in [-0.39, 0.29) is 0 Å². The lowest BCUT2D eigenvalue weighted by molar-refractivity contribution is 0.0470. The zero-order valence-electron chi connectivity index (χ0n) is 13.0. The van der Waals surface area contributed by atoms with Crippen LogP contribution in [0.5, 0.6) is 0 Å². The van der Waals surface area contributed by atoms with Crippen LogP contribution < -0.4 is 4.90 Å². The van der Waals surface area contributed by atoms with Crippen molar-refractivity contribution < 1.29 is 0 Å². The fraction of sp³-hybridized carbons (Fsp3) is 0.647. The van der Waals surface area contributed by atoms with E-state index in [1.165, 1.54) is 43.7 Å². The van der Waals surface area contributed by atoms with Crippen LogP contribution in [0.25, 0.3) is 0 Å². The minimum atomic E-state index is 0.694. The lowest BCUT2D eigenvalue weighted by Crippen LogP contribution is -2.55. The molecule has 2 atom stereocenters. The average Bonchev–Trinajstić information content (AvgIpc) is 2.92. The number of nitrogens with zero attached hydrogens (tertiary/aromatic N) is 3. The van der Waals surface area contributed by atoms with Crippen LogP contribution in [0.2, 0.25) is 0 Å². The third kappa shape index (κ3) is 2.70. The SMILES string of the molecule is C[C@H]1[C@H]2CCCN2CCN1Cc1ccc(N(C)C)cc1. The summed E-state index contributed by atoms with van der Waals surface area (Å²) in [5.74, 6) is 0. The Balaban J connectivity index is 1.65. The molecule has 0 radical (unpaired) electrons. The van der Waals surface area contributed by atoms with Crippen molar-refractivity contribution in [3.05, 3.63) is 29.8 Å². The number of hydrogen-bond donors (Lipinski definition) is 0. The smallest absolute Gasteiger partial charge is 0.0361 e. The van der Waals surface area contributed by atoms with Crippen LogP contribution in [0.1, 0.15) is 25.3 Å². The highest BCUT2D eigenvalue weighted by Crippen LogP contribution is 2.27. The second-order valence-electron chi connectivity index (χ2n) is 6.52. The Bertz CT molecular complexity index is 440. The Labute approximate surface area is 123 Å². The second kappa shape index (κ2) is 5.74. The van der Waals surface area contributed by atoms with Gasteiger partial charge in [-0.05, 0) is 44.0 Å². The van der Waals surface area contributed by atoms with Crippen molar-refractivity contribution in [1.29, 1.82) is 0 Å². The molecule has 20 heavy (non-hydrogen) atoms. The topological polar surface area (TPSA) is 9.72 Å². The lowest BCUT2D eigenvalue weighted by Gasteiger charge is -2.43. The molecule has 3 rings (SSSR count). The van der Waals surface area contributed by atoms with E-state index in [1.54, 1.807) is 0 Å². The number of hydrogen-bond acceptors (Lipinski definition) is 3. The molecule has 0 N–H and O–H groups in total. The van der Waals surface area contributed by atoms with Crippen LogP contribution in [0, 0.1) is 0 Å². The number of fused-ring (bicyclic) bond motifs is 1. The molecule has 1 aromatic carbocycles. The first-order valence-electron chi connectivity index (χ1n) is 7.89. The van der Waals surface area contributed by atoms with Gasteiger partial charge in [-0.2, -0.15) is 0 Å². The Morgan fingerprint density at radius 3 is 2.55 bits per heavy atom. The number of piperazine rings is 1. The highest BCUT2D eigenvalue weighted by Gasteiger charge is 2.36. The molecule has 2 aliphatic heterocycles. The number of rotatable bonds is 3. The zero-order chi connectivity index (χ0) is 14.1. The number of benzene rings is 1. The summed E-state index contributed by atoms with van der Waals surface area (Å²) in [6.45, 7) is 7.30. The predicted molar refractivity (Wildman–Crippen MR) is 85.2 cm³/mol. The van der Waals surface area contributed by atoms with Crippen LogP contribution in [0.4, 0.5) is 5.69 Å². The molecule has 0 saturated carbocycles. The first kappa shape index (κ1) is 13.9. The van der Waals surface area contributed by atoms with Crippen LogP contribution >= 0.6 is 0 Å². The Kier molecular flexibility index (Phi) is 3.99. The molecule has 0 bridgehead atoms. The highest BCUT2D eigenvalue weighted by molar-refractivity contribution is 5.45. The molecule has 0 aliphatic carbocycles. The summed E-state index contributed by atoms with van der Waals surface area (Å²) in [5, 5.41) is 0. The van der Waals surface area contributed by atoms with Crippen molar-refractivity contribution >= 4 is 5.69 Å². The molecule has 2 saturated heterocycles. The fourth-order valence-corrected chi connectivity index (χ4v) is 3.74. The van der Waals surface area contributed by atoms with E-state index in [0.717, 1.165) is 12.6 Å².